The Morgan fingerprint density at radius 3 is 2.57 bits per heavy atom. The molecule has 1 aromatic heterocycles. The average Bonchev–Trinajstić information content (AvgIpc) is 2.54. The highest BCUT2D eigenvalue weighted by Crippen LogP contribution is 2.34. The predicted molar refractivity (Wildman–Crippen MR) is 89.3 cm³/mol. The van der Waals surface area contributed by atoms with Crippen molar-refractivity contribution < 1.29 is 13.5 Å². The van der Waals surface area contributed by atoms with Crippen molar-refractivity contribution in [2.75, 3.05) is 30.9 Å². The minimum atomic E-state index is -3.27. The number of aliphatic hydroxyl groups is 1. The quantitative estimate of drug-likeness (QED) is 0.918. The molecule has 0 atom stereocenters. The molecule has 7 heteroatoms. The van der Waals surface area contributed by atoms with Gasteiger partial charge < -0.3 is 10.0 Å². The van der Waals surface area contributed by atoms with Crippen molar-refractivity contribution in [2.45, 2.75) is 24.7 Å². The lowest BCUT2D eigenvalue weighted by atomic mass is 9.81. The molecule has 3 rings (SSSR count). The first-order valence-corrected chi connectivity index (χ1v) is 9.52. The topological polar surface area (TPSA) is 83.4 Å². The lowest BCUT2D eigenvalue weighted by Crippen LogP contribution is -2.40. The number of aromatic nitrogens is 2. The molecule has 0 unspecified atom stereocenters. The summed E-state index contributed by atoms with van der Waals surface area (Å²) in [5.74, 6) is 0.764. The molecule has 23 heavy (non-hydrogen) atoms. The van der Waals surface area contributed by atoms with Gasteiger partial charge in [-0.3, -0.25) is 0 Å². The van der Waals surface area contributed by atoms with E-state index in [1.807, 2.05) is 0 Å². The largest absolute Gasteiger partial charge is 0.396 e. The Morgan fingerprint density at radius 1 is 1.26 bits per heavy atom. The fourth-order valence-electron chi connectivity index (χ4n) is 2.92. The molecule has 124 valence electrons. The minimum absolute atomic E-state index is 0.0444. The van der Waals surface area contributed by atoms with E-state index in [1.54, 1.807) is 18.2 Å². The van der Waals surface area contributed by atoms with Crippen LogP contribution in [0, 0.1) is 5.41 Å². The highest BCUT2D eigenvalue weighted by molar-refractivity contribution is 7.90. The van der Waals surface area contributed by atoms with E-state index in [0.717, 1.165) is 42.7 Å². The van der Waals surface area contributed by atoms with E-state index >= 15 is 0 Å². The van der Waals surface area contributed by atoms with Gasteiger partial charge in [0.25, 0.3) is 0 Å². The zero-order valence-corrected chi connectivity index (χ0v) is 14.2. The third-order valence-electron chi connectivity index (χ3n) is 4.67. The van der Waals surface area contributed by atoms with Crippen LogP contribution >= 0.6 is 0 Å². The van der Waals surface area contributed by atoms with Crippen molar-refractivity contribution in [2.24, 2.45) is 5.41 Å². The van der Waals surface area contributed by atoms with Crippen LogP contribution in [0.2, 0.25) is 0 Å². The second-order valence-electron chi connectivity index (χ2n) is 6.60. The molecule has 0 saturated carbocycles. The summed E-state index contributed by atoms with van der Waals surface area (Å²) >= 11 is 0. The second-order valence-corrected chi connectivity index (χ2v) is 8.62. The van der Waals surface area contributed by atoms with Gasteiger partial charge in [0.15, 0.2) is 9.84 Å². The Labute approximate surface area is 136 Å². The van der Waals surface area contributed by atoms with Gasteiger partial charge in [-0.15, -0.1) is 0 Å². The van der Waals surface area contributed by atoms with Crippen molar-refractivity contribution >= 4 is 26.6 Å². The molecule has 2 heterocycles. The summed E-state index contributed by atoms with van der Waals surface area (Å²) in [7, 11) is -3.27. The number of piperidine rings is 1. The van der Waals surface area contributed by atoms with Crippen LogP contribution in [0.15, 0.2) is 29.4 Å². The lowest BCUT2D eigenvalue weighted by molar-refractivity contribution is 0.115. The van der Waals surface area contributed by atoms with E-state index in [2.05, 4.69) is 21.8 Å². The fraction of sp³-hybridized carbons (Fsp3) is 0.500. The Morgan fingerprint density at radius 2 is 1.96 bits per heavy atom. The van der Waals surface area contributed by atoms with Crippen LogP contribution in [0.5, 0.6) is 0 Å². The fourth-order valence-corrected chi connectivity index (χ4v) is 3.57. The van der Waals surface area contributed by atoms with Crippen LogP contribution in [0.25, 0.3) is 10.9 Å². The summed E-state index contributed by atoms with van der Waals surface area (Å²) < 4.78 is 23.6. The molecule has 0 amide bonds. The molecule has 1 fully saturated rings. The van der Waals surface area contributed by atoms with Crippen LogP contribution in [-0.4, -0.2) is 49.4 Å². The number of hydrogen-bond acceptors (Lipinski definition) is 6. The van der Waals surface area contributed by atoms with E-state index in [0.29, 0.717) is 0 Å². The van der Waals surface area contributed by atoms with Gasteiger partial charge in [-0.2, -0.15) is 0 Å². The average molecular weight is 335 g/mol. The summed E-state index contributed by atoms with van der Waals surface area (Å²) in [6, 6.07) is 4.95. The van der Waals surface area contributed by atoms with Crippen molar-refractivity contribution in [1.82, 2.24) is 9.97 Å². The second kappa shape index (κ2) is 5.72. The monoisotopic (exact) mass is 335 g/mol. The van der Waals surface area contributed by atoms with Gasteiger partial charge in [-0.25, -0.2) is 18.4 Å². The molecule has 6 nitrogen and oxygen atoms in total. The van der Waals surface area contributed by atoms with Crippen molar-refractivity contribution in [3.63, 3.8) is 0 Å². The van der Waals surface area contributed by atoms with Gasteiger partial charge in [0.05, 0.1) is 10.4 Å². The molecule has 2 aromatic rings. The van der Waals surface area contributed by atoms with Gasteiger partial charge in [0.1, 0.15) is 12.1 Å². The molecule has 0 radical (unpaired) electrons. The summed E-state index contributed by atoms with van der Waals surface area (Å²) in [6.45, 7) is 3.84. The van der Waals surface area contributed by atoms with Crippen molar-refractivity contribution in [3.05, 3.63) is 24.5 Å². The van der Waals surface area contributed by atoms with Gasteiger partial charge in [0.2, 0.25) is 0 Å². The summed E-state index contributed by atoms with van der Waals surface area (Å²) in [5, 5.41) is 10.2. The van der Waals surface area contributed by atoms with Gasteiger partial charge >= 0.3 is 0 Å². The molecule has 0 bridgehead atoms. The number of anilines is 1. The molecule has 0 aliphatic carbocycles. The minimum Gasteiger partial charge on any atom is -0.396 e. The van der Waals surface area contributed by atoms with E-state index in [9.17, 15) is 13.5 Å². The normalized spacial score (nSPS) is 18.3. The molecule has 1 saturated heterocycles. The van der Waals surface area contributed by atoms with Crippen LogP contribution in [0.1, 0.15) is 19.8 Å². The maximum atomic E-state index is 11.8. The Kier molecular flexibility index (Phi) is 4.01. The summed E-state index contributed by atoms with van der Waals surface area (Å²) in [4.78, 5) is 11.0. The summed E-state index contributed by atoms with van der Waals surface area (Å²) in [6.07, 6.45) is 4.46. The van der Waals surface area contributed by atoms with E-state index < -0.39 is 9.84 Å². The number of fused-ring (bicyclic) bond motifs is 1. The third-order valence-corrected chi connectivity index (χ3v) is 5.78. The molecule has 0 spiro atoms. The molecular weight excluding hydrogens is 314 g/mol. The van der Waals surface area contributed by atoms with Crippen molar-refractivity contribution in [3.8, 4) is 0 Å². The lowest BCUT2D eigenvalue weighted by Gasteiger charge is -2.39. The van der Waals surface area contributed by atoms with E-state index in [4.69, 9.17) is 0 Å². The van der Waals surface area contributed by atoms with Gasteiger partial charge in [-0.05, 0) is 36.5 Å². The zero-order chi connectivity index (χ0) is 16.7. The highest BCUT2D eigenvalue weighted by atomic mass is 32.2. The van der Waals surface area contributed by atoms with Gasteiger partial charge in [0, 0.05) is 31.3 Å². The maximum Gasteiger partial charge on any atom is 0.175 e. The standard InChI is InChI=1S/C16H21N3O3S/c1-16(10-20)5-7-19(8-6-16)15-13-9-12(23(2,21)22)3-4-14(13)17-11-18-15/h3-4,9,11,20H,5-8,10H2,1-2H3. The van der Waals surface area contributed by atoms with Crippen LogP contribution in [-0.2, 0) is 9.84 Å². The number of nitrogens with zero attached hydrogens (tertiary/aromatic N) is 3. The molecular formula is C16H21N3O3S. The van der Waals surface area contributed by atoms with Crippen LogP contribution in [0.3, 0.4) is 0 Å². The van der Waals surface area contributed by atoms with Crippen molar-refractivity contribution in [1.29, 1.82) is 0 Å². The number of aliphatic hydroxyl groups excluding tert-OH is 1. The third kappa shape index (κ3) is 3.16. The maximum absolute atomic E-state index is 11.8. The number of benzene rings is 1. The smallest absolute Gasteiger partial charge is 0.175 e. The van der Waals surface area contributed by atoms with E-state index in [-0.39, 0.29) is 16.9 Å². The zero-order valence-electron chi connectivity index (χ0n) is 13.4. The first kappa shape index (κ1) is 16.1. The Hall–Kier alpha value is -1.73. The molecule has 1 N–H and O–H groups in total. The summed E-state index contributed by atoms with van der Waals surface area (Å²) in [5.41, 5.74) is 0.690. The number of hydrogen-bond donors (Lipinski definition) is 1. The number of sulfone groups is 1. The van der Waals surface area contributed by atoms with E-state index in [1.165, 1.54) is 12.6 Å². The Balaban J connectivity index is 2.01. The van der Waals surface area contributed by atoms with Gasteiger partial charge in [-0.1, -0.05) is 6.92 Å². The van der Waals surface area contributed by atoms with Crippen LogP contribution in [0.4, 0.5) is 5.82 Å². The first-order valence-electron chi connectivity index (χ1n) is 7.63. The SMILES string of the molecule is CC1(CO)CCN(c2ncnc3ccc(S(C)(=O)=O)cc23)CC1. The highest BCUT2D eigenvalue weighted by Gasteiger charge is 2.30. The predicted octanol–water partition coefficient (Wildman–Crippen LogP) is 1.63. The number of rotatable bonds is 3. The molecule has 1 aromatic carbocycles. The van der Waals surface area contributed by atoms with Crippen LogP contribution < -0.4 is 4.90 Å². The first-order chi connectivity index (χ1) is 10.8. The molecule has 1 aliphatic heterocycles. The Bertz CT molecular complexity index is 828. The molecule has 1 aliphatic rings.